The van der Waals surface area contributed by atoms with E-state index in [2.05, 4.69) is 0 Å². The minimum atomic E-state index is 0.387. The highest BCUT2D eigenvalue weighted by Crippen LogP contribution is 2.41. The Morgan fingerprint density at radius 2 is 1.61 bits per heavy atom. The van der Waals surface area contributed by atoms with Gasteiger partial charge in [-0.15, -0.1) is 0 Å². The van der Waals surface area contributed by atoms with Gasteiger partial charge in [0.05, 0.1) is 22.2 Å². The van der Waals surface area contributed by atoms with Gasteiger partial charge in [0.1, 0.15) is 5.75 Å². The molecule has 5 heteroatoms. The van der Waals surface area contributed by atoms with Crippen molar-refractivity contribution in [3.8, 4) is 16.9 Å². The van der Waals surface area contributed by atoms with E-state index < -0.39 is 0 Å². The average molecular weight is 322 g/mol. The molecule has 0 atom stereocenters. The zero-order chi connectivity index (χ0) is 13.3. The van der Waals surface area contributed by atoms with Crippen molar-refractivity contribution < 1.29 is 4.74 Å². The predicted octanol–water partition coefficient (Wildman–Crippen LogP) is 5.98. The molecular weight excluding hydrogens is 314 g/mol. The molecule has 2 aromatic rings. The van der Waals surface area contributed by atoms with Gasteiger partial charge in [-0.2, -0.15) is 0 Å². The molecule has 0 amide bonds. The maximum atomic E-state index is 6.25. The Morgan fingerprint density at radius 3 is 2.28 bits per heavy atom. The molecule has 18 heavy (non-hydrogen) atoms. The Balaban J connectivity index is 2.69. The summed E-state index contributed by atoms with van der Waals surface area (Å²) in [4.78, 5) is 0. The first kappa shape index (κ1) is 13.8. The normalized spacial score (nSPS) is 10.5. The standard InChI is InChI=1S/C13H8Cl4O/c1-18-11-4-2-3-8(13(11)17)9-5-7(14)6-10(15)12(9)16/h2-6H,1H3. The van der Waals surface area contributed by atoms with Crippen LogP contribution in [-0.2, 0) is 0 Å². The minimum absolute atomic E-state index is 0.387. The Bertz CT molecular complexity index is 596. The number of hydrogen-bond donors (Lipinski definition) is 0. The SMILES string of the molecule is COc1cccc(-c2cc(Cl)cc(Cl)c2Cl)c1Cl. The Hall–Kier alpha value is -0.600. The predicted molar refractivity (Wildman–Crippen MR) is 78.5 cm³/mol. The van der Waals surface area contributed by atoms with Gasteiger partial charge in [0, 0.05) is 16.1 Å². The fourth-order valence-corrected chi connectivity index (χ4v) is 2.64. The van der Waals surface area contributed by atoms with Crippen molar-refractivity contribution in [3.63, 3.8) is 0 Å². The smallest absolute Gasteiger partial charge is 0.138 e. The number of methoxy groups -OCH3 is 1. The van der Waals surface area contributed by atoms with Crippen molar-refractivity contribution in [2.45, 2.75) is 0 Å². The van der Waals surface area contributed by atoms with Crippen LogP contribution in [0.25, 0.3) is 11.1 Å². The summed E-state index contributed by atoms with van der Waals surface area (Å²) in [6, 6.07) is 8.73. The molecule has 2 rings (SSSR count). The fraction of sp³-hybridized carbons (Fsp3) is 0.0769. The third kappa shape index (κ3) is 2.55. The van der Waals surface area contributed by atoms with Gasteiger partial charge in [-0.1, -0.05) is 58.5 Å². The lowest BCUT2D eigenvalue weighted by Gasteiger charge is -2.11. The van der Waals surface area contributed by atoms with Gasteiger partial charge in [0.15, 0.2) is 0 Å². The zero-order valence-corrected chi connectivity index (χ0v) is 12.3. The van der Waals surface area contributed by atoms with Crippen LogP contribution in [0.3, 0.4) is 0 Å². The van der Waals surface area contributed by atoms with Crippen LogP contribution in [-0.4, -0.2) is 7.11 Å². The Morgan fingerprint density at radius 1 is 0.889 bits per heavy atom. The summed E-state index contributed by atoms with van der Waals surface area (Å²) in [5, 5.41) is 1.77. The van der Waals surface area contributed by atoms with Crippen molar-refractivity contribution in [2.24, 2.45) is 0 Å². The highest BCUT2D eigenvalue weighted by molar-refractivity contribution is 6.45. The van der Waals surface area contributed by atoms with Crippen molar-refractivity contribution in [1.82, 2.24) is 0 Å². The number of halogens is 4. The summed E-state index contributed by atoms with van der Waals surface area (Å²) in [7, 11) is 1.55. The molecule has 0 radical (unpaired) electrons. The maximum Gasteiger partial charge on any atom is 0.138 e. The quantitative estimate of drug-likeness (QED) is 0.618. The molecular formula is C13H8Cl4O. The van der Waals surface area contributed by atoms with Crippen LogP contribution >= 0.6 is 46.4 Å². The molecule has 0 unspecified atom stereocenters. The molecule has 0 saturated heterocycles. The van der Waals surface area contributed by atoms with Crippen LogP contribution in [0.2, 0.25) is 20.1 Å². The van der Waals surface area contributed by atoms with Gasteiger partial charge in [0.2, 0.25) is 0 Å². The molecule has 1 nitrogen and oxygen atoms in total. The Kier molecular flexibility index (Phi) is 4.29. The molecule has 0 spiro atoms. The number of hydrogen-bond acceptors (Lipinski definition) is 1. The second-order valence-corrected chi connectivity index (χ2v) is 5.17. The van der Waals surface area contributed by atoms with E-state index in [1.165, 1.54) is 0 Å². The Labute approximate surface area is 125 Å². The van der Waals surface area contributed by atoms with E-state index in [1.54, 1.807) is 25.3 Å². The van der Waals surface area contributed by atoms with Gasteiger partial charge in [-0.05, 0) is 18.2 Å². The second-order valence-electron chi connectivity index (χ2n) is 3.57. The molecule has 2 aromatic carbocycles. The number of benzene rings is 2. The van der Waals surface area contributed by atoms with Crippen LogP contribution in [0.15, 0.2) is 30.3 Å². The van der Waals surface area contributed by atoms with E-state index in [9.17, 15) is 0 Å². The first-order valence-corrected chi connectivity index (χ1v) is 6.53. The van der Waals surface area contributed by atoms with E-state index in [1.807, 2.05) is 12.1 Å². The number of ether oxygens (including phenoxy) is 1. The van der Waals surface area contributed by atoms with Gasteiger partial charge in [-0.25, -0.2) is 0 Å². The van der Waals surface area contributed by atoms with E-state index in [0.717, 1.165) is 5.56 Å². The van der Waals surface area contributed by atoms with Gasteiger partial charge < -0.3 is 4.74 Å². The molecule has 0 aromatic heterocycles. The van der Waals surface area contributed by atoms with Crippen molar-refractivity contribution in [2.75, 3.05) is 7.11 Å². The number of rotatable bonds is 2. The molecule has 94 valence electrons. The topological polar surface area (TPSA) is 9.23 Å². The molecule has 0 aliphatic heterocycles. The molecule has 0 heterocycles. The summed E-state index contributed by atoms with van der Waals surface area (Å²) in [5.41, 5.74) is 1.41. The van der Waals surface area contributed by atoms with Gasteiger partial charge in [0.25, 0.3) is 0 Å². The lowest BCUT2D eigenvalue weighted by atomic mass is 10.1. The summed E-state index contributed by atoms with van der Waals surface area (Å²) < 4.78 is 5.17. The maximum absolute atomic E-state index is 6.25. The summed E-state index contributed by atoms with van der Waals surface area (Å²) >= 11 is 24.4. The van der Waals surface area contributed by atoms with Crippen molar-refractivity contribution in [3.05, 3.63) is 50.4 Å². The van der Waals surface area contributed by atoms with Crippen LogP contribution in [0.4, 0.5) is 0 Å². The lowest BCUT2D eigenvalue weighted by Crippen LogP contribution is -1.88. The van der Waals surface area contributed by atoms with Crippen molar-refractivity contribution in [1.29, 1.82) is 0 Å². The van der Waals surface area contributed by atoms with Gasteiger partial charge in [-0.3, -0.25) is 0 Å². The average Bonchev–Trinajstić information content (AvgIpc) is 2.34. The third-order valence-electron chi connectivity index (χ3n) is 2.47. The highest BCUT2D eigenvalue weighted by Gasteiger charge is 2.14. The lowest BCUT2D eigenvalue weighted by molar-refractivity contribution is 0.415. The molecule has 0 aliphatic carbocycles. The van der Waals surface area contributed by atoms with Crippen LogP contribution in [0, 0.1) is 0 Å². The molecule has 0 aliphatic rings. The van der Waals surface area contributed by atoms with E-state index in [0.29, 0.717) is 31.4 Å². The highest BCUT2D eigenvalue weighted by atomic mass is 35.5. The van der Waals surface area contributed by atoms with Crippen molar-refractivity contribution >= 4 is 46.4 Å². The first-order valence-electron chi connectivity index (χ1n) is 5.02. The summed E-state index contributed by atoms with van der Waals surface area (Å²) in [6.45, 7) is 0. The third-order valence-corrected chi connectivity index (χ3v) is 3.88. The minimum Gasteiger partial charge on any atom is -0.495 e. The summed E-state index contributed by atoms with van der Waals surface area (Å²) in [6.07, 6.45) is 0. The monoisotopic (exact) mass is 320 g/mol. The largest absolute Gasteiger partial charge is 0.495 e. The molecule has 0 saturated carbocycles. The molecule has 0 N–H and O–H groups in total. The van der Waals surface area contributed by atoms with E-state index in [-0.39, 0.29) is 0 Å². The molecule has 0 bridgehead atoms. The van der Waals surface area contributed by atoms with E-state index in [4.69, 9.17) is 51.1 Å². The van der Waals surface area contributed by atoms with Crippen LogP contribution < -0.4 is 4.74 Å². The second kappa shape index (κ2) is 5.58. The zero-order valence-electron chi connectivity index (χ0n) is 9.31. The molecule has 0 fully saturated rings. The first-order chi connectivity index (χ1) is 8.54. The summed E-state index contributed by atoms with van der Waals surface area (Å²) in [5.74, 6) is 0.571. The van der Waals surface area contributed by atoms with Crippen LogP contribution in [0.1, 0.15) is 0 Å². The van der Waals surface area contributed by atoms with Crippen LogP contribution in [0.5, 0.6) is 5.75 Å². The fourth-order valence-electron chi connectivity index (χ4n) is 1.63. The van der Waals surface area contributed by atoms with Gasteiger partial charge >= 0.3 is 0 Å². The van der Waals surface area contributed by atoms with E-state index >= 15 is 0 Å².